The molecule has 0 unspecified atom stereocenters. The zero-order valence-corrected chi connectivity index (χ0v) is 19.4. The van der Waals surface area contributed by atoms with Crippen LogP contribution in [0.4, 0.5) is 0 Å². The maximum Gasteiger partial charge on any atom is 0.191 e. The van der Waals surface area contributed by atoms with Crippen LogP contribution < -0.4 is 10.6 Å². The molecule has 0 atom stereocenters. The maximum atomic E-state index is 4.30. The molecular formula is C17H38IN5S. The Bertz CT molecular complexity index is 344. The van der Waals surface area contributed by atoms with Gasteiger partial charge in [-0.05, 0) is 46.0 Å². The van der Waals surface area contributed by atoms with Crippen molar-refractivity contribution in [2.45, 2.75) is 38.4 Å². The lowest BCUT2D eigenvalue weighted by Gasteiger charge is -2.34. The van der Waals surface area contributed by atoms with Crippen LogP contribution in [-0.2, 0) is 0 Å². The monoisotopic (exact) mass is 471 g/mol. The van der Waals surface area contributed by atoms with E-state index < -0.39 is 0 Å². The zero-order valence-electron chi connectivity index (χ0n) is 16.2. The average Bonchev–Trinajstić information content (AvgIpc) is 2.57. The number of piperazine rings is 1. The second-order valence-electron chi connectivity index (χ2n) is 6.80. The molecule has 0 bridgehead atoms. The minimum Gasteiger partial charge on any atom is -0.356 e. The molecule has 0 saturated carbocycles. The molecule has 7 heteroatoms. The van der Waals surface area contributed by atoms with E-state index >= 15 is 0 Å². The number of nitrogens with one attached hydrogen (secondary N) is 2. The highest BCUT2D eigenvalue weighted by Crippen LogP contribution is 2.19. The van der Waals surface area contributed by atoms with Crippen molar-refractivity contribution in [2.24, 2.45) is 4.99 Å². The van der Waals surface area contributed by atoms with E-state index in [4.69, 9.17) is 0 Å². The predicted molar refractivity (Wildman–Crippen MR) is 120 cm³/mol. The molecule has 144 valence electrons. The number of nitrogens with zero attached hydrogens (tertiary/aromatic N) is 3. The van der Waals surface area contributed by atoms with Gasteiger partial charge in [0.2, 0.25) is 0 Å². The molecule has 0 spiro atoms. The number of hydrogen-bond acceptors (Lipinski definition) is 4. The molecule has 5 nitrogen and oxygen atoms in total. The van der Waals surface area contributed by atoms with Gasteiger partial charge in [-0.2, -0.15) is 11.8 Å². The van der Waals surface area contributed by atoms with Crippen LogP contribution >= 0.6 is 35.7 Å². The molecule has 1 rings (SSSR count). The van der Waals surface area contributed by atoms with E-state index in [9.17, 15) is 0 Å². The smallest absolute Gasteiger partial charge is 0.191 e. The number of aliphatic imine (C=N–C) groups is 1. The SMILES string of the molecule is CCN1CCN(CCCCNC(=NC)NCC(C)(C)SC)CC1.I. The summed E-state index contributed by atoms with van der Waals surface area (Å²) in [5.74, 6) is 0.920. The van der Waals surface area contributed by atoms with Crippen LogP contribution in [0.5, 0.6) is 0 Å². The number of guanidine groups is 1. The van der Waals surface area contributed by atoms with Crippen LogP contribution in [0.1, 0.15) is 33.6 Å². The van der Waals surface area contributed by atoms with E-state index in [-0.39, 0.29) is 28.7 Å². The van der Waals surface area contributed by atoms with Crippen molar-refractivity contribution in [3.63, 3.8) is 0 Å². The topological polar surface area (TPSA) is 42.9 Å². The first kappa shape index (κ1) is 24.3. The summed E-state index contributed by atoms with van der Waals surface area (Å²) >= 11 is 1.87. The van der Waals surface area contributed by atoms with Gasteiger partial charge in [-0.25, -0.2) is 0 Å². The number of rotatable bonds is 9. The molecule has 0 amide bonds. The molecule has 1 saturated heterocycles. The molecule has 24 heavy (non-hydrogen) atoms. The van der Waals surface area contributed by atoms with E-state index in [1.807, 2.05) is 18.8 Å². The summed E-state index contributed by atoms with van der Waals surface area (Å²) in [5, 5.41) is 6.84. The maximum absolute atomic E-state index is 4.30. The second-order valence-corrected chi connectivity index (χ2v) is 8.31. The second kappa shape index (κ2) is 13.5. The normalized spacial score (nSPS) is 17.5. The minimum atomic E-state index is 0. The van der Waals surface area contributed by atoms with Gasteiger partial charge in [0.1, 0.15) is 0 Å². The Kier molecular flexibility index (Phi) is 13.6. The van der Waals surface area contributed by atoms with E-state index in [1.165, 1.54) is 52.1 Å². The highest BCUT2D eigenvalue weighted by molar-refractivity contribution is 14.0. The standard InChI is InChI=1S/C17H37N5S.HI/c1-6-21-11-13-22(14-12-21)10-8-7-9-19-16(18-4)20-15-17(2,3)23-5;/h6-15H2,1-5H3,(H2,18,19,20);1H. The highest BCUT2D eigenvalue weighted by atomic mass is 127. The average molecular weight is 471 g/mol. The molecule has 0 radical (unpaired) electrons. The molecule has 0 aromatic rings. The molecule has 2 N–H and O–H groups in total. The molecular weight excluding hydrogens is 433 g/mol. The molecule has 1 aliphatic rings. The third-order valence-electron chi connectivity index (χ3n) is 4.56. The summed E-state index contributed by atoms with van der Waals surface area (Å²) in [4.78, 5) is 9.43. The third kappa shape index (κ3) is 10.3. The lowest BCUT2D eigenvalue weighted by Crippen LogP contribution is -2.46. The molecule has 1 aliphatic heterocycles. The van der Waals surface area contributed by atoms with Crippen molar-refractivity contribution in [1.82, 2.24) is 20.4 Å². The van der Waals surface area contributed by atoms with Gasteiger partial charge < -0.3 is 20.4 Å². The third-order valence-corrected chi connectivity index (χ3v) is 5.81. The number of unbranched alkanes of at least 4 members (excludes halogenated alkanes) is 1. The van der Waals surface area contributed by atoms with Crippen LogP contribution in [0.15, 0.2) is 4.99 Å². The highest BCUT2D eigenvalue weighted by Gasteiger charge is 2.16. The van der Waals surface area contributed by atoms with Crippen molar-refractivity contribution < 1.29 is 0 Å². The first-order valence-electron chi connectivity index (χ1n) is 8.95. The summed E-state index contributed by atoms with van der Waals surface area (Å²) in [5.41, 5.74) is 0. The van der Waals surface area contributed by atoms with Gasteiger partial charge in [0.05, 0.1) is 0 Å². The molecule has 1 heterocycles. The summed E-state index contributed by atoms with van der Waals surface area (Å²) in [6, 6.07) is 0. The van der Waals surface area contributed by atoms with Crippen LogP contribution in [-0.4, -0.2) is 86.2 Å². The van der Waals surface area contributed by atoms with E-state index in [1.54, 1.807) is 0 Å². The van der Waals surface area contributed by atoms with Gasteiger partial charge >= 0.3 is 0 Å². The molecule has 0 aliphatic carbocycles. The van der Waals surface area contributed by atoms with Crippen molar-refractivity contribution >= 4 is 41.7 Å². The largest absolute Gasteiger partial charge is 0.356 e. The van der Waals surface area contributed by atoms with Crippen LogP contribution in [0.3, 0.4) is 0 Å². The zero-order chi connectivity index (χ0) is 17.1. The van der Waals surface area contributed by atoms with Crippen LogP contribution in [0.25, 0.3) is 0 Å². The molecule has 1 fully saturated rings. The summed E-state index contributed by atoms with van der Waals surface area (Å²) in [6.07, 6.45) is 4.60. The Morgan fingerprint density at radius 1 is 1.08 bits per heavy atom. The van der Waals surface area contributed by atoms with Crippen LogP contribution in [0, 0.1) is 0 Å². The number of halogens is 1. The van der Waals surface area contributed by atoms with Gasteiger partial charge in [0.15, 0.2) is 5.96 Å². The van der Waals surface area contributed by atoms with Crippen molar-refractivity contribution in [2.75, 3.05) is 65.7 Å². The van der Waals surface area contributed by atoms with Gasteiger partial charge in [-0.1, -0.05) is 6.92 Å². The fourth-order valence-corrected chi connectivity index (χ4v) is 2.80. The fourth-order valence-electron chi connectivity index (χ4n) is 2.59. The quantitative estimate of drug-likeness (QED) is 0.234. The minimum absolute atomic E-state index is 0. The van der Waals surface area contributed by atoms with Crippen LogP contribution in [0.2, 0.25) is 0 Å². The lowest BCUT2D eigenvalue weighted by atomic mass is 10.2. The summed E-state index contributed by atoms with van der Waals surface area (Å²) in [6.45, 7) is 16.0. The van der Waals surface area contributed by atoms with E-state index in [0.717, 1.165) is 19.0 Å². The van der Waals surface area contributed by atoms with Gasteiger partial charge in [-0.3, -0.25) is 4.99 Å². The van der Waals surface area contributed by atoms with E-state index in [2.05, 4.69) is 52.5 Å². The van der Waals surface area contributed by atoms with Gasteiger partial charge in [0.25, 0.3) is 0 Å². The number of thioether (sulfide) groups is 1. The Balaban J connectivity index is 0.00000529. The van der Waals surface area contributed by atoms with Crippen molar-refractivity contribution in [1.29, 1.82) is 0 Å². The lowest BCUT2D eigenvalue weighted by molar-refractivity contribution is 0.136. The number of likely N-dealkylation sites (N-methyl/N-ethyl adjacent to an activating group) is 1. The first-order chi connectivity index (χ1) is 11.0. The van der Waals surface area contributed by atoms with E-state index in [0.29, 0.717) is 0 Å². The Morgan fingerprint density at radius 3 is 2.25 bits per heavy atom. The molecule has 0 aromatic carbocycles. The number of hydrogen-bond donors (Lipinski definition) is 2. The summed E-state index contributed by atoms with van der Waals surface area (Å²) < 4.78 is 0.234. The van der Waals surface area contributed by atoms with Crippen molar-refractivity contribution in [3.05, 3.63) is 0 Å². The van der Waals surface area contributed by atoms with Crippen molar-refractivity contribution in [3.8, 4) is 0 Å². The Hall–Kier alpha value is 0.270. The Morgan fingerprint density at radius 2 is 1.71 bits per heavy atom. The molecule has 0 aromatic heterocycles. The summed E-state index contributed by atoms with van der Waals surface area (Å²) in [7, 11) is 1.84. The fraction of sp³-hybridized carbons (Fsp3) is 0.941. The first-order valence-corrected chi connectivity index (χ1v) is 10.2. The van der Waals surface area contributed by atoms with Gasteiger partial charge in [0, 0.05) is 51.1 Å². The predicted octanol–water partition coefficient (Wildman–Crippen LogP) is 2.33. The van der Waals surface area contributed by atoms with Gasteiger partial charge in [-0.15, -0.1) is 24.0 Å². The Labute approximate surface area is 170 Å².